The van der Waals surface area contributed by atoms with Crippen LogP contribution in [0.1, 0.15) is 0 Å². The lowest BCUT2D eigenvalue weighted by atomic mass is 10.2. The highest BCUT2D eigenvalue weighted by Gasteiger charge is 2.12. The van der Waals surface area contributed by atoms with E-state index in [1.807, 2.05) is 0 Å². The number of H-pyrrole nitrogens is 1. The first-order chi connectivity index (χ1) is 7.09. The highest BCUT2D eigenvalue weighted by Crippen LogP contribution is 2.26. The van der Waals surface area contributed by atoms with Crippen molar-refractivity contribution in [3.63, 3.8) is 0 Å². The fourth-order valence-electron chi connectivity index (χ4n) is 1.33. The van der Waals surface area contributed by atoms with E-state index in [0.29, 0.717) is 15.8 Å². The monoisotopic (exact) mass is 244 g/mol. The van der Waals surface area contributed by atoms with Crippen molar-refractivity contribution < 1.29 is 9.13 Å². The molecule has 0 aliphatic heterocycles. The van der Waals surface area contributed by atoms with Gasteiger partial charge in [-0.25, -0.2) is 4.21 Å². The summed E-state index contributed by atoms with van der Waals surface area (Å²) in [6.45, 7) is 0. The van der Waals surface area contributed by atoms with Crippen LogP contribution in [0.2, 0.25) is 0 Å². The summed E-state index contributed by atoms with van der Waals surface area (Å²) in [5, 5.41) is 11.1. The molecule has 7 heteroatoms. The number of aromatic amines is 1. The predicted octanol–water partition coefficient (Wildman–Crippen LogP) is 2.34. The third-order valence-corrected chi connectivity index (χ3v) is 3.19. The molecule has 0 spiro atoms. The number of nitrogens with one attached hydrogen (secondary N) is 1. The average Bonchev–Trinajstić information content (AvgIpc) is 2.59. The van der Waals surface area contributed by atoms with E-state index < -0.39 is 14.9 Å². The molecule has 1 unspecified atom stereocenters. The Morgan fingerprint density at radius 2 is 2.20 bits per heavy atom. The molecule has 78 valence electrons. The molecule has 1 heterocycles. The van der Waals surface area contributed by atoms with E-state index in [1.165, 1.54) is 24.4 Å². The van der Waals surface area contributed by atoms with E-state index in [0.717, 1.165) is 0 Å². The largest absolute Gasteiger partial charge is 0.360 e. The van der Waals surface area contributed by atoms with Crippen molar-refractivity contribution in [2.45, 2.75) is 4.90 Å². The second-order valence-electron chi connectivity index (χ2n) is 2.86. The van der Waals surface area contributed by atoms with Gasteiger partial charge in [0.2, 0.25) is 0 Å². The summed E-state index contributed by atoms with van der Waals surface area (Å²) in [5.74, 6) is 0. The van der Waals surface area contributed by atoms with E-state index in [9.17, 15) is 14.3 Å². The molecule has 2 rings (SSSR count). The molecule has 0 fully saturated rings. The first-order valence-corrected chi connectivity index (χ1v) is 5.91. The molecule has 1 aromatic heterocycles. The zero-order chi connectivity index (χ0) is 11.0. The van der Waals surface area contributed by atoms with Crippen LogP contribution in [0.15, 0.2) is 29.3 Å². The van der Waals surface area contributed by atoms with Crippen LogP contribution in [0.3, 0.4) is 0 Å². The Labute approximate surface area is 91.2 Å². The van der Waals surface area contributed by atoms with Gasteiger partial charge >= 0.3 is 0 Å². The molecule has 1 atom stereocenters. The number of non-ortho nitro benzene ring substituents is 1. The Hall–Kier alpha value is -1.40. The molecule has 0 saturated carbocycles. The summed E-state index contributed by atoms with van der Waals surface area (Å²) >= 11 is 0. The van der Waals surface area contributed by atoms with Crippen LogP contribution in [0, 0.1) is 10.1 Å². The van der Waals surface area contributed by atoms with E-state index in [2.05, 4.69) is 4.98 Å². The normalized spacial score (nSPS) is 12.9. The van der Waals surface area contributed by atoms with Crippen LogP contribution in [0.5, 0.6) is 0 Å². The van der Waals surface area contributed by atoms with Crippen molar-refractivity contribution in [2.24, 2.45) is 0 Å². The van der Waals surface area contributed by atoms with Crippen LogP contribution in [0.4, 0.5) is 5.69 Å². The van der Waals surface area contributed by atoms with Gasteiger partial charge in [-0.2, -0.15) is 0 Å². The van der Waals surface area contributed by atoms with Gasteiger partial charge in [-0.05, 0) is 16.7 Å². The van der Waals surface area contributed by atoms with Crippen molar-refractivity contribution >= 4 is 37.3 Å². The average molecular weight is 245 g/mol. The number of fused-ring (bicyclic) bond motifs is 1. The molecule has 2 aromatic rings. The van der Waals surface area contributed by atoms with Gasteiger partial charge in [-0.1, -0.05) is 0 Å². The van der Waals surface area contributed by atoms with E-state index in [4.69, 9.17) is 10.7 Å². The first kappa shape index (κ1) is 10.1. The standard InChI is InChI=1S/C8H5ClN2O3S/c9-15(14)8-4-10-7-3-5(11(12)13)1-2-6(7)8/h1-4,10H. The van der Waals surface area contributed by atoms with Gasteiger partial charge in [-0.3, -0.25) is 10.1 Å². The smallest absolute Gasteiger partial charge is 0.271 e. The van der Waals surface area contributed by atoms with E-state index in [1.54, 1.807) is 0 Å². The molecular weight excluding hydrogens is 240 g/mol. The highest BCUT2D eigenvalue weighted by atomic mass is 35.7. The maximum absolute atomic E-state index is 11.1. The van der Waals surface area contributed by atoms with E-state index in [-0.39, 0.29) is 5.69 Å². The SMILES string of the molecule is O=[N+]([O-])c1ccc2c(S(=O)Cl)c[nH]c2c1. The summed E-state index contributed by atoms with van der Waals surface area (Å²) in [6.07, 6.45) is 1.48. The third kappa shape index (κ3) is 1.73. The molecular formula is C8H5ClN2O3S. The Balaban J connectivity index is 2.66. The molecule has 1 aromatic carbocycles. The minimum atomic E-state index is -1.62. The lowest BCUT2D eigenvalue weighted by Crippen LogP contribution is -1.87. The summed E-state index contributed by atoms with van der Waals surface area (Å²) in [5.41, 5.74) is 0.532. The number of hydrogen-bond acceptors (Lipinski definition) is 3. The van der Waals surface area contributed by atoms with Crippen LogP contribution >= 0.6 is 10.7 Å². The Bertz CT molecular complexity index is 566. The van der Waals surface area contributed by atoms with Crippen LogP contribution < -0.4 is 0 Å². The van der Waals surface area contributed by atoms with Gasteiger partial charge in [0.25, 0.3) is 5.69 Å². The number of nitro groups is 1. The lowest BCUT2D eigenvalue weighted by Gasteiger charge is -1.93. The minimum absolute atomic E-state index is 0.0174. The Morgan fingerprint density at radius 3 is 2.80 bits per heavy atom. The first-order valence-electron chi connectivity index (χ1n) is 3.93. The third-order valence-electron chi connectivity index (χ3n) is 2.01. The zero-order valence-corrected chi connectivity index (χ0v) is 8.84. The molecule has 15 heavy (non-hydrogen) atoms. The number of halogens is 1. The number of hydrogen-bond donors (Lipinski definition) is 1. The second-order valence-corrected chi connectivity index (χ2v) is 4.59. The molecule has 0 aliphatic carbocycles. The maximum atomic E-state index is 11.1. The zero-order valence-electron chi connectivity index (χ0n) is 7.27. The topological polar surface area (TPSA) is 76.0 Å². The molecule has 5 nitrogen and oxygen atoms in total. The predicted molar refractivity (Wildman–Crippen MR) is 57.2 cm³/mol. The number of nitro benzene ring substituents is 1. The van der Waals surface area contributed by atoms with Crippen LogP contribution in [0.25, 0.3) is 10.9 Å². The summed E-state index contributed by atoms with van der Waals surface area (Å²) in [7, 11) is 3.83. The number of nitrogens with zero attached hydrogens (tertiary/aromatic N) is 1. The molecule has 0 aliphatic rings. The van der Waals surface area contributed by atoms with Crippen molar-refractivity contribution in [1.82, 2.24) is 4.98 Å². The summed E-state index contributed by atoms with van der Waals surface area (Å²) in [6, 6.07) is 4.26. The van der Waals surface area contributed by atoms with Gasteiger partial charge in [0, 0.05) is 23.7 Å². The quantitative estimate of drug-likeness (QED) is 0.500. The van der Waals surface area contributed by atoms with Crippen molar-refractivity contribution in [1.29, 1.82) is 0 Å². The molecule has 0 saturated heterocycles. The van der Waals surface area contributed by atoms with Crippen molar-refractivity contribution in [2.75, 3.05) is 0 Å². The number of aromatic nitrogens is 1. The second kappa shape index (κ2) is 3.63. The van der Waals surface area contributed by atoms with Crippen molar-refractivity contribution in [3.8, 4) is 0 Å². The Morgan fingerprint density at radius 1 is 1.47 bits per heavy atom. The fraction of sp³-hybridized carbons (Fsp3) is 0. The van der Waals surface area contributed by atoms with Gasteiger partial charge in [0.1, 0.15) is 10.0 Å². The fourth-order valence-corrected chi connectivity index (χ4v) is 2.22. The number of benzene rings is 1. The van der Waals surface area contributed by atoms with Crippen molar-refractivity contribution in [3.05, 3.63) is 34.5 Å². The summed E-state index contributed by atoms with van der Waals surface area (Å²) < 4.78 is 11.1. The molecule has 0 radical (unpaired) electrons. The van der Waals surface area contributed by atoms with Crippen LogP contribution in [-0.4, -0.2) is 14.1 Å². The van der Waals surface area contributed by atoms with E-state index >= 15 is 0 Å². The molecule has 1 N–H and O–H groups in total. The van der Waals surface area contributed by atoms with Gasteiger partial charge in [0.05, 0.1) is 15.3 Å². The molecule has 0 bridgehead atoms. The highest BCUT2D eigenvalue weighted by molar-refractivity contribution is 8.08. The van der Waals surface area contributed by atoms with Gasteiger partial charge in [-0.15, -0.1) is 0 Å². The van der Waals surface area contributed by atoms with Crippen LogP contribution in [-0.2, 0) is 10.0 Å². The molecule has 0 amide bonds. The number of rotatable bonds is 2. The van der Waals surface area contributed by atoms with Gasteiger partial charge < -0.3 is 4.98 Å². The maximum Gasteiger partial charge on any atom is 0.271 e. The Kier molecular flexibility index (Phi) is 2.45. The van der Waals surface area contributed by atoms with Gasteiger partial charge in [0.15, 0.2) is 0 Å². The summed E-state index contributed by atoms with van der Waals surface area (Å²) in [4.78, 5) is 13.2. The lowest BCUT2D eigenvalue weighted by molar-refractivity contribution is -0.384. The minimum Gasteiger partial charge on any atom is -0.360 e.